The van der Waals surface area contributed by atoms with Crippen molar-refractivity contribution in [3.8, 4) is 0 Å². The quantitative estimate of drug-likeness (QED) is 0.658. The van der Waals surface area contributed by atoms with Crippen LogP contribution in [-0.2, 0) is 0 Å². The summed E-state index contributed by atoms with van der Waals surface area (Å²) in [7, 11) is 0. The van der Waals surface area contributed by atoms with Crippen LogP contribution in [0.4, 0.5) is 13.2 Å². The average Bonchev–Trinajstić information content (AvgIpc) is 2.01. The van der Waals surface area contributed by atoms with Crippen molar-refractivity contribution in [3.05, 3.63) is 29.8 Å². The van der Waals surface area contributed by atoms with Crippen molar-refractivity contribution in [1.29, 1.82) is 0 Å². The molecule has 13 heavy (non-hydrogen) atoms. The van der Waals surface area contributed by atoms with Gasteiger partial charge in [0.25, 0.3) is 0 Å². The van der Waals surface area contributed by atoms with Crippen LogP contribution in [0.15, 0.2) is 18.3 Å². The van der Waals surface area contributed by atoms with Gasteiger partial charge in [-0.05, 0) is 12.1 Å². The minimum atomic E-state index is -2.62. The predicted molar refractivity (Wildman–Crippen MR) is 41.1 cm³/mol. The van der Waals surface area contributed by atoms with Crippen molar-refractivity contribution in [2.24, 2.45) is 0 Å². The van der Waals surface area contributed by atoms with Crippen LogP contribution >= 0.6 is 0 Å². The fourth-order valence-corrected chi connectivity index (χ4v) is 1.55. The molecule has 70 valence electrons. The Balaban J connectivity index is 2.16. The van der Waals surface area contributed by atoms with Crippen molar-refractivity contribution in [3.63, 3.8) is 0 Å². The highest BCUT2D eigenvalue weighted by atomic mass is 19.3. The van der Waals surface area contributed by atoms with Crippen LogP contribution in [0.3, 0.4) is 0 Å². The number of hydrogen-bond donors (Lipinski definition) is 0. The molecule has 1 heterocycles. The third kappa shape index (κ3) is 1.53. The first kappa shape index (κ1) is 8.53. The molecule has 2 rings (SSSR count). The molecule has 1 aliphatic rings. The summed E-state index contributed by atoms with van der Waals surface area (Å²) in [6, 6.07) is 2.70. The van der Waals surface area contributed by atoms with Crippen LogP contribution < -0.4 is 0 Å². The molecule has 1 saturated carbocycles. The smallest absolute Gasteiger partial charge is 0.249 e. The van der Waals surface area contributed by atoms with E-state index < -0.39 is 17.7 Å². The minimum absolute atomic E-state index is 0.174. The van der Waals surface area contributed by atoms with Crippen molar-refractivity contribution in [1.82, 2.24) is 4.98 Å². The molecule has 1 aromatic heterocycles. The zero-order valence-corrected chi connectivity index (χ0v) is 6.80. The van der Waals surface area contributed by atoms with Gasteiger partial charge in [-0.2, -0.15) is 0 Å². The fraction of sp³-hybridized carbons (Fsp3) is 0.444. The highest BCUT2D eigenvalue weighted by Gasteiger charge is 2.47. The van der Waals surface area contributed by atoms with Crippen LogP contribution in [0.25, 0.3) is 0 Å². The van der Waals surface area contributed by atoms with Gasteiger partial charge in [0, 0.05) is 25.0 Å². The van der Waals surface area contributed by atoms with Crippen LogP contribution in [-0.4, -0.2) is 10.9 Å². The molecule has 0 bridgehead atoms. The van der Waals surface area contributed by atoms with Crippen LogP contribution in [0.1, 0.15) is 24.5 Å². The summed E-state index contributed by atoms with van der Waals surface area (Å²) in [6.07, 6.45) is 0.872. The van der Waals surface area contributed by atoms with E-state index in [1.807, 2.05) is 0 Å². The van der Waals surface area contributed by atoms with Gasteiger partial charge in [-0.25, -0.2) is 13.2 Å². The Bertz CT molecular complexity index is 316. The molecule has 0 atom stereocenters. The Morgan fingerprint density at radius 1 is 1.38 bits per heavy atom. The summed E-state index contributed by atoms with van der Waals surface area (Å²) in [5.41, 5.74) is 0.174. The lowest BCUT2D eigenvalue weighted by atomic mass is 9.79. The van der Waals surface area contributed by atoms with Gasteiger partial charge < -0.3 is 0 Å². The summed E-state index contributed by atoms with van der Waals surface area (Å²) in [5.74, 6) is -3.51. The second-order valence-electron chi connectivity index (χ2n) is 3.33. The zero-order chi connectivity index (χ0) is 9.47. The Morgan fingerprint density at radius 2 is 2.08 bits per heavy atom. The lowest BCUT2D eigenvalue weighted by Gasteiger charge is -2.34. The van der Waals surface area contributed by atoms with E-state index in [9.17, 15) is 13.2 Å². The molecule has 0 N–H and O–H groups in total. The normalized spacial score (nSPS) is 21.2. The number of alkyl halides is 2. The number of rotatable bonds is 1. The molecule has 1 aliphatic carbocycles. The largest absolute Gasteiger partial charge is 0.258 e. The lowest BCUT2D eigenvalue weighted by molar-refractivity contribution is -0.0882. The number of aromatic nitrogens is 1. The summed E-state index contributed by atoms with van der Waals surface area (Å²) >= 11 is 0. The molecule has 0 aliphatic heterocycles. The van der Waals surface area contributed by atoms with E-state index in [0.717, 1.165) is 0 Å². The topological polar surface area (TPSA) is 12.9 Å². The van der Waals surface area contributed by atoms with Gasteiger partial charge in [-0.15, -0.1) is 0 Å². The Hall–Kier alpha value is -1.06. The van der Waals surface area contributed by atoms with Crippen molar-refractivity contribution >= 4 is 0 Å². The maximum absolute atomic E-state index is 13.0. The Morgan fingerprint density at radius 3 is 2.62 bits per heavy atom. The molecule has 0 amide bonds. The summed E-state index contributed by atoms with van der Waals surface area (Å²) < 4.78 is 37.9. The van der Waals surface area contributed by atoms with E-state index >= 15 is 0 Å². The maximum atomic E-state index is 13.0. The van der Waals surface area contributed by atoms with E-state index in [1.165, 1.54) is 18.3 Å². The molecular formula is C9H8F3N. The standard InChI is InChI=1S/C9H8F3N/c10-7-2-1-3-13-8(7)6-4-9(11,12)5-6/h1-3,6H,4-5H2. The summed E-state index contributed by atoms with van der Waals surface area (Å²) in [6.45, 7) is 0. The van der Waals surface area contributed by atoms with E-state index in [4.69, 9.17) is 0 Å². The number of nitrogens with zero attached hydrogens (tertiary/aromatic N) is 1. The molecule has 4 heteroatoms. The van der Waals surface area contributed by atoms with E-state index in [0.29, 0.717) is 0 Å². The van der Waals surface area contributed by atoms with Crippen molar-refractivity contribution in [2.45, 2.75) is 24.7 Å². The molecule has 0 aromatic carbocycles. The van der Waals surface area contributed by atoms with E-state index in [-0.39, 0.29) is 18.5 Å². The van der Waals surface area contributed by atoms with Gasteiger partial charge in [-0.3, -0.25) is 4.98 Å². The molecule has 0 saturated heterocycles. The van der Waals surface area contributed by atoms with E-state index in [2.05, 4.69) is 4.98 Å². The summed E-state index contributed by atoms with van der Waals surface area (Å²) in [4.78, 5) is 3.76. The highest BCUT2D eigenvalue weighted by Crippen LogP contribution is 2.48. The second kappa shape index (κ2) is 2.72. The fourth-order valence-electron chi connectivity index (χ4n) is 1.55. The summed E-state index contributed by atoms with van der Waals surface area (Å²) in [5, 5.41) is 0. The number of pyridine rings is 1. The SMILES string of the molecule is Fc1cccnc1C1CC(F)(F)C1. The van der Waals surface area contributed by atoms with Crippen molar-refractivity contribution in [2.75, 3.05) is 0 Å². The monoisotopic (exact) mass is 187 g/mol. The Kier molecular flexibility index (Phi) is 1.78. The lowest BCUT2D eigenvalue weighted by Crippen LogP contribution is -2.34. The molecular weight excluding hydrogens is 179 g/mol. The van der Waals surface area contributed by atoms with Gasteiger partial charge in [0.1, 0.15) is 5.82 Å². The molecule has 1 aromatic rings. The van der Waals surface area contributed by atoms with Crippen LogP contribution in [0, 0.1) is 5.82 Å². The minimum Gasteiger partial charge on any atom is -0.258 e. The second-order valence-corrected chi connectivity index (χ2v) is 3.33. The maximum Gasteiger partial charge on any atom is 0.249 e. The van der Waals surface area contributed by atoms with Crippen molar-refractivity contribution < 1.29 is 13.2 Å². The third-order valence-electron chi connectivity index (χ3n) is 2.26. The number of hydrogen-bond acceptors (Lipinski definition) is 1. The average molecular weight is 187 g/mol. The predicted octanol–water partition coefficient (Wildman–Crippen LogP) is 2.73. The van der Waals surface area contributed by atoms with Crippen LogP contribution in [0.5, 0.6) is 0 Å². The number of halogens is 3. The van der Waals surface area contributed by atoms with Crippen LogP contribution in [0.2, 0.25) is 0 Å². The van der Waals surface area contributed by atoms with Gasteiger partial charge in [0.05, 0.1) is 5.69 Å². The van der Waals surface area contributed by atoms with Gasteiger partial charge >= 0.3 is 0 Å². The molecule has 1 nitrogen and oxygen atoms in total. The zero-order valence-electron chi connectivity index (χ0n) is 6.80. The van der Waals surface area contributed by atoms with Gasteiger partial charge in [0.2, 0.25) is 5.92 Å². The molecule has 0 spiro atoms. The Labute approximate surface area is 73.6 Å². The molecule has 0 radical (unpaired) electrons. The van der Waals surface area contributed by atoms with E-state index in [1.54, 1.807) is 0 Å². The highest BCUT2D eigenvalue weighted by molar-refractivity contribution is 5.17. The molecule has 0 unspecified atom stereocenters. The van der Waals surface area contributed by atoms with Gasteiger partial charge in [-0.1, -0.05) is 0 Å². The first-order chi connectivity index (χ1) is 6.08. The molecule has 1 fully saturated rings. The first-order valence-corrected chi connectivity index (χ1v) is 4.07. The first-order valence-electron chi connectivity index (χ1n) is 4.07. The third-order valence-corrected chi connectivity index (χ3v) is 2.26. The van der Waals surface area contributed by atoms with Gasteiger partial charge in [0.15, 0.2) is 0 Å².